The molecular formula is C84H84BBr3Cl3N9O7. The second-order valence-corrected chi connectivity index (χ2v) is 31.5. The molecule has 0 bridgehead atoms. The highest BCUT2D eigenvalue weighted by molar-refractivity contribution is 9.69. The van der Waals surface area contributed by atoms with Crippen molar-refractivity contribution in [2.75, 3.05) is 35.9 Å². The van der Waals surface area contributed by atoms with Gasteiger partial charge < -0.3 is 36.1 Å². The van der Waals surface area contributed by atoms with E-state index in [1.54, 1.807) is 95.2 Å². The van der Waals surface area contributed by atoms with E-state index in [-0.39, 0.29) is 56.3 Å². The van der Waals surface area contributed by atoms with Gasteiger partial charge >= 0.3 is 3.18 Å². The van der Waals surface area contributed by atoms with Crippen molar-refractivity contribution in [1.29, 1.82) is 0 Å². The highest BCUT2D eigenvalue weighted by Gasteiger charge is 2.22. The molecule has 9 aromatic carbocycles. The zero-order valence-corrected chi connectivity index (χ0v) is 66.4. The second kappa shape index (κ2) is 45.0. The van der Waals surface area contributed by atoms with Crippen molar-refractivity contribution < 1.29 is 34.1 Å². The number of rotatable bonds is 19. The van der Waals surface area contributed by atoms with Crippen LogP contribution in [0.5, 0.6) is 23.0 Å². The number of hydrogen-bond acceptors (Lipinski definition) is 14. The van der Waals surface area contributed by atoms with E-state index in [1.165, 1.54) is 16.7 Å². The Morgan fingerprint density at radius 1 is 0.449 bits per heavy atom. The van der Waals surface area contributed by atoms with E-state index in [2.05, 4.69) is 140 Å². The number of hydrogen-bond donors (Lipinski definition) is 5. The van der Waals surface area contributed by atoms with Crippen molar-refractivity contribution in [1.82, 2.24) is 29.9 Å². The van der Waals surface area contributed by atoms with Crippen LogP contribution in [-0.2, 0) is 33.6 Å². The fraction of sp³-hybridized carbons (Fsp3) is 0.179. The van der Waals surface area contributed by atoms with Gasteiger partial charge in [0.2, 0.25) is 17.1 Å². The van der Waals surface area contributed by atoms with E-state index in [4.69, 9.17) is 60.0 Å². The second-order valence-electron chi connectivity index (χ2n) is 23.9. The maximum absolute atomic E-state index is 13.1. The summed E-state index contributed by atoms with van der Waals surface area (Å²) >= 11 is 24.2. The van der Waals surface area contributed by atoms with Crippen LogP contribution in [0.25, 0.3) is 33.8 Å². The molecule has 6 N–H and O–H groups in total. The van der Waals surface area contributed by atoms with Crippen LogP contribution in [0.2, 0.25) is 0 Å². The lowest BCUT2D eigenvalue weighted by Crippen LogP contribution is -2.21. The van der Waals surface area contributed by atoms with Crippen molar-refractivity contribution in [3.05, 3.63) is 317 Å². The molecule has 0 aliphatic heterocycles. The van der Waals surface area contributed by atoms with Crippen molar-refractivity contribution in [3.63, 3.8) is 0 Å². The van der Waals surface area contributed by atoms with Crippen LogP contribution < -0.4 is 25.8 Å². The fourth-order valence-electron chi connectivity index (χ4n) is 10.2. The first-order valence-electron chi connectivity index (χ1n) is 33.3. The third-order valence-electron chi connectivity index (χ3n) is 16.3. The number of nitrogens with zero attached hydrogens (tertiary/aromatic N) is 6. The van der Waals surface area contributed by atoms with Gasteiger partial charge in [0, 0.05) is 36.0 Å². The molecule has 3 unspecified atom stereocenters. The molecule has 0 radical (unpaired) electrons. The highest BCUT2D eigenvalue weighted by atomic mass is 79.9. The Bertz CT molecular complexity index is 4690. The zero-order chi connectivity index (χ0) is 76.5. The molecule has 12 aromatic rings. The number of halogens is 6. The van der Waals surface area contributed by atoms with Gasteiger partial charge in [-0.25, -0.2) is 29.9 Å². The third-order valence-corrected chi connectivity index (χ3v) is 16.6. The van der Waals surface area contributed by atoms with Gasteiger partial charge in [-0.2, -0.15) is 0 Å². The molecule has 0 aliphatic rings. The maximum Gasteiger partial charge on any atom is 0.369 e. The van der Waals surface area contributed by atoms with Crippen LogP contribution in [0, 0.1) is 13.8 Å². The molecule has 0 saturated carbocycles. The number of aromatic hydroxyl groups is 2. The van der Waals surface area contributed by atoms with Gasteiger partial charge in [0.1, 0.15) is 28.8 Å². The number of amides is 2. The summed E-state index contributed by atoms with van der Waals surface area (Å²) in [6, 6.07) is 74.7. The first kappa shape index (κ1) is 86.1. The zero-order valence-electron chi connectivity index (χ0n) is 59.4. The Hall–Kier alpha value is -9.80. The van der Waals surface area contributed by atoms with E-state index in [0.29, 0.717) is 48.1 Å². The van der Waals surface area contributed by atoms with E-state index in [9.17, 15) is 24.6 Å². The van der Waals surface area contributed by atoms with E-state index in [1.807, 2.05) is 146 Å². The van der Waals surface area contributed by atoms with Crippen LogP contribution in [0.4, 0.5) is 17.5 Å². The molecule has 12 rings (SSSR count). The molecule has 0 aliphatic carbocycles. The summed E-state index contributed by atoms with van der Waals surface area (Å²) in [4.78, 5) is 64.5. The molecular weight excluding hydrogens is 1600 g/mol. The van der Waals surface area contributed by atoms with Gasteiger partial charge in [-0.3, -0.25) is 14.4 Å². The number of carbonyl (C=O) groups excluding carboxylic acids is 3. The molecule has 0 saturated heterocycles. The highest BCUT2D eigenvalue weighted by Crippen LogP contribution is 2.30. The molecule has 552 valence electrons. The molecule has 0 fully saturated rings. The number of nitrogens with one attached hydrogen (secondary N) is 2. The molecule has 3 atom stereocenters. The number of ether oxygens (including phenoxy) is 2. The van der Waals surface area contributed by atoms with Gasteiger partial charge in [0.15, 0.2) is 11.6 Å². The van der Waals surface area contributed by atoms with E-state index >= 15 is 0 Å². The van der Waals surface area contributed by atoms with Crippen molar-refractivity contribution in [2.45, 2.75) is 79.1 Å². The normalized spacial score (nSPS) is 11.0. The van der Waals surface area contributed by atoms with Gasteiger partial charge in [-0.1, -0.05) is 201 Å². The Morgan fingerprint density at radius 2 is 0.729 bits per heavy atom. The summed E-state index contributed by atoms with van der Waals surface area (Å²) in [6.45, 7) is 9.58. The molecule has 107 heavy (non-hydrogen) atoms. The molecule has 0 spiro atoms. The fourth-order valence-corrected chi connectivity index (χ4v) is 10.3. The van der Waals surface area contributed by atoms with Crippen LogP contribution >= 0.6 is 82.1 Å². The van der Waals surface area contributed by atoms with Crippen molar-refractivity contribution in [2.24, 2.45) is 0 Å². The Morgan fingerprint density at radius 3 is 1.06 bits per heavy atom. The monoisotopic (exact) mass is 1680 g/mol. The number of phenols is 2. The SMILES string of the molecule is BrB(Br)Br.C.CC(C(=O)Nc1ncc(-c2ccc(O)cc2)nc1Cc1ccccc1)c1ccc(O)cc1.COc1ccc(C(C)C(=O)Cl)cc1.COc1ccc(C(C)C(=O)Nc2ncc(-c3ccc(C)cc3)nc2Cc2ccccc2)cc1.Cc1ccc(-c2cnc(N)c(Cc3ccccc3)n2)cc1.ClCCl. The summed E-state index contributed by atoms with van der Waals surface area (Å²) in [5.74, 6) is 1.88. The predicted molar refractivity (Wildman–Crippen MR) is 449 cm³/mol. The van der Waals surface area contributed by atoms with Crippen LogP contribution in [0.1, 0.15) is 108 Å². The van der Waals surface area contributed by atoms with Gasteiger partial charge in [0.25, 0.3) is 0 Å². The standard InChI is InChI=1S/C28H27N3O2.C26H23N3O3.C18H17N3.C10H11ClO2.CH2Cl2.CH4.BBr3/c1-19-9-11-23(12-10-19)26-18-29-27(25(30-26)17-21-7-5-4-6-8-21)31-28(32)20(2)22-13-15-24(33-3)16-14-22;1-17(19-7-11-21(30)12-8-19)26(32)29-25-23(15-18-5-3-2-4-6-18)28-24(16-27-25)20-9-13-22(31)14-10-20;1-13-7-9-15(10-8-13)17-12-20-18(19)16(21-17)11-14-5-3-2-4-6-14;1-7(10(11)12)8-3-5-9(13-2)6-4-8;2-1-3;;2-1(3)4/h4-16,18,20H,17H2,1-3H3,(H,29,31,32);2-14,16-17,30-31H,15H2,1H3,(H,27,29,32);2-10,12H,11H2,1H3,(H2,19,20);3-7H,1-2H3;1H2;1H4;. The molecule has 3 aromatic heterocycles. The number of benzene rings is 9. The third kappa shape index (κ3) is 28.5. The number of aryl methyl sites for hydroxylation is 2. The van der Waals surface area contributed by atoms with Crippen LogP contribution in [-0.4, -0.2) is 79.9 Å². The maximum atomic E-state index is 13.1. The number of carbonyl (C=O) groups is 3. The number of anilines is 3. The minimum Gasteiger partial charge on any atom is -0.508 e. The number of nitrogens with two attached hydrogens (primary N) is 1. The summed E-state index contributed by atoms with van der Waals surface area (Å²) in [5, 5.41) is 24.8. The molecule has 3 heterocycles. The van der Waals surface area contributed by atoms with Crippen LogP contribution in [0.3, 0.4) is 0 Å². The number of nitrogen functional groups attached to an aromatic ring is 1. The van der Waals surface area contributed by atoms with Crippen molar-refractivity contribution >= 4 is 120 Å². The summed E-state index contributed by atoms with van der Waals surface area (Å²) in [6.07, 6.45) is 6.82. The Labute approximate surface area is 667 Å². The van der Waals surface area contributed by atoms with Crippen molar-refractivity contribution in [3.8, 4) is 56.8 Å². The summed E-state index contributed by atoms with van der Waals surface area (Å²) in [5.41, 5.74) is 21.7. The van der Waals surface area contributed by atoms with Gasteiger partial charge in [-0.05, 0) is 133 Å². The van der Waals surface area contributed by atoms with Gasteiger partial charge in [-0.15, -0.1) is 70.5 Å². The number of methoxy groups -OCH3 is 2. The number of aromatic nitrogens is 6. The average molecular weight is 1690 g/mol. The minimum atomic E-state index is -0.432. The largest absolute Gasteiger partial charge is 0.508 e. The predicted octanol–water partition coefficient (Wildman–Crippen LogP) is 21.1. The molecule has 23 heteroatoms. The number of phenolic OH excluding ortho intramolecular Hbond substituents is 2. The lowest BCUT2D eigenvalue weighted by Gasteiger charge is -2.15. The van der Waals surface area contributed by atoms with Gasteiger partial charge in [0.05, 0.1) is 90.1 Å². The summed E-state index contributed by atoms with van der Waals surface area (Å²) < 4.78 is 10.5. The number of alkyl halides is 2. The lowest BCUT2D eigenvalue weighted by molar-refractivity contribution is -0.118. The summed E-state index contributed by atoms with van der Waals surface area (Å²) in [7, 11) is 3.23. The van der Waals surface area contributed by atoms with Crippen LogP contribution in [0.15, 0.2) is 255 Å². The lowest BCUT2D eigenvalue weighted by atomic mass is 10.00. The first-order valence-corrected chi connectivity index (χ1v) is 37.5. The minimum absolute atomic E-state index is 0. The molecule has 16 nitrogen and oxygen atoms in total. The Kier molecular flexibility index (Phi) is 36.2. The Balaban J connectivity index is 0.000000225. The first-order chi connectivity index (χ1) is 51.0. The average Bonchev–Trinajstić information content (AvgIpc) is 0.820. The smallest absolute Gasteiger partial charge is 0.369 e. The topological polar surface area (TPSA) is 238 Å². The molecule has 2 amide bonds. The van der Waals surface area contributed by atoms with E-state index in [0.717, 1.165) is 78.8 Å². The quantitative estimate of drug-likeness (QED) is 0.0288. The van der Waals surface area contributed by atoms with E-state index < -0.39 is 5.92 Å².